The summed E-state index contributed by atoms with van der Waals surface area (Å²) in [5, 5.41) is 0. The SMILES string of the molecule is Cc1cc(OCCCC(F)(F)F)ccc1C#CCCCl. The van der Waals surface area contributed by atoms with Gasteiger partial charge in [-0.15, -0.1) is 11.6 Å². The van der Waals surface area contributed by atoms with Crippen LogP contribution in [-0.4, -0.2) is 18.7 Å². The first-order chi connectivity index (χ1) is 9.42. The maximum atomic E-state index is 12.0. The van der Waals surface area contributed by atoms with Crippen LogP contribution >= 0.6 is 11.6 Å². The monoisotopic (exact) mass is 304 g/mol. The van der Waals surface area contributed by atoms with Crippen molar-refractivity contribution in [1.82, 2.24) is 0 Å². The molecule has 5 heteroatoms. The standard InChI is InChI=1S/C15H16ClF3O/c1-12-11-14(20-10-4-8-15(17,18)19)7-6-13(12)5-2-3-9-16/h6-7,11H,3-4,8-10H2,1H3. The van der Waals surface area contributed by atoms with Crippen molar-refractivity contribution in [3.05, 3.63) is 29.3 Å². The Morgan fingerprint density at radius 1 is 1.30 bits per heavy atom. The van der Waals surface area contributed by atoms with Crippen LogP contribution in [0.5, 0.6) is 5.75 Å². The van der Waals surface area contributed by atoms with Crippen LogP contribution in [0.25, 0.3) is 0 Å². The number of benzene rings is 1. The van der Waals surface area contributed by atoms with E-state index in [4.69, 9.17) is 16.3 Å². The molecule has 1 aromatic rings. The number of rotatable bonds is 5. The van der Waals surface area contributed by atoms with Crippen LogP contribution < -0.4 is 4.74 Å². The number of ether oxygens (including phenoxy) is 1. The summed E-state index contributed by atoms with van der Waals surface area (Å²) in [7, 11) is 0. The molecule has 0 unspecified atom stereocenters. The lowest BCUT2D eigenvalue weighted by Gasteiger charge is -2.09. The number of hydrogen-bond acceptors (Lipinski definition) is 1. The van der Waals surface area contributed by atoms with E-state index >= 15 is 0 Å². The second-order valence-corrected chi connectivity index (χ2v) is 4.66. The minimum Gasteiger partial charge on any atom is -0.494 e. The summed E-state index contributed by atoms with van der Waals surface area (Å²) in [6.45, 7) is 1.93. The summed E-state index contributed by atoms with van der Waals surface area (Å²) in [5.41, 5.74) is 1.80. The quantitative estimate of drug-likeness (QED) is 0.435. The molecule has 0 heterocycles. The zero-order valence-corrected chi connectivity index (χ0v) is 11.9. The average Bonchev–Trinajstić information content (AvgIpc) is 2.36. The van der Waals surface area contributed by atoms with Crippen molar-refractivity contribution in [2.24, 2.45) is 0 Å². The largest absolute Gasteiger partial charge is 0.494 e. The average molecular weight is 305 g/mol. The lowest BCUT2D eigenvalue weighted by Crippen LogP contribution is -2.09. The van der Waals surface area contributed by atoms with Gasteiger partial charge in [-0.3, -0.25) is 0 Å². The van der Waals surface area contributed by atoms with E-state index in [1.807, 2.05) is 6.92 Å². The second-order valence-electron chi connectivity index (χ2n) is 4.28. The van der Waals surface area contributed by atoms with Gasteiger partial charge in [-0.05, 0) is 37.1 Å². The van der Waals surface area contributed by atoms with E-state index in [9.17, 15) is 13.2 Å². The Bertz CT molecular complexity index is 486. The van der Waals surface area contributed by atoms with Crippen molar-refractivity contribution in [1.29, 1.82) is 0 Å². The fourth-order valence-corrected chi connectivity index (χ4v) is 1.63. The van der Waals surface area contributed by atoms with Crippen LogP contribution in [0.2, 0.25) is 0 Å². The third-order valence-corrected chi connectivity index (χ3v) is 2.70. The fraction of sp³-hybridized carbons (Fsp3) is 0.467. The van der Waals surface area contributed by atoms with E-state index in [2.05, 4.69) is 11.8 Å². The predicted octanol–water partition coefficient (Wildman–Crippen LogP) is 4.70. The van der Waals surface area contributed by atoms with Crippen molar-refractivity contribution in [2.75, 3.05) is 12.5 Å². The normalized spacial score (nSPS) is 10.8. The summed E-state index contributed by atoms with van der Waals surface area (Å²) in [4.78, 5) is 0. The summed E-state index contributed by atoms with van der Waals surface area (Å²) >= 11 is 5.53. The lowest BCUT2D eigenvalue weighted by molar-refractivity contribution is -0.136. The highest BCUT2D eigenvalue weighted by atomic mass is 35.5. The molecule has 0 atom stereocenters. The van der Waals surface area contributed by atoms with Crippen LogP contribution in [-0.2, 0) is 0 Å². The molecular formula is C15H16ClF3O. The van der Waals surface area contributed by atoms with E-state index in [1.54, 1.807) is 18.2 Å². The molecule has 0 aliphatic heterocycles. The Hall–Kier alpha value is -1.34. The van der Waals surface area contributed by atoms with Gasteiger partial charge in [-0.2, -0.15) is 13.2 Å². The van der Waals surface area contributed by atoms with Crippen LogP contribution in [0.1, 0.15) is 30.4 Å². The molecule has 0 N–H and O–H groups in total. The van der Waals surface area contributed by atoms with Crippen molar-refractivity contribution < 1.29 is 17.9 Å². The molecule has 1 nitrogen and oxygen atoms in total. The number of halogens is 4. The maximum absolute atomic E-state index is 12.0. The minimum atomic E-state index is -4.12. The van der Waals surface area contributed by atoms with E-state index < -0.39 is 12.6 Å². The van der Waals surface area contributed by atoms with Gasteiger partial charge in [0.15, 0.2) is 0 Å². The van der Waals surface area contributed by atoms with Gasteiger partial charge in [0.05, 0.1) is 6.61 Å². The van der Waals surface area contributed by atoms with Crippen LogP contribution in [0, 0.1) is 18.8 Å². The molecule has 0 bridgehead atoms. The fourth-order valence-electron chi connectivity index (χ4n) is 1.53. The Morgan fingerprint density at radius 2 is 2.05 bits per heavy atom. The maximum Gasteiger partial charge on any atom is 0.389 e. The zero-order valence-electron chi connectivity index (χ0n) is 11.2. The zero-order chi connectivity index (χ0) is 15.0. The Morgan fingerprint density at radius 3 is 2.65 bits per heavy atom. The van der Waals surface area contributed by atoms with Crippen molar-refractivity contribution in [2.45, 2.75) is 32.4 Å². The molecule has 0 fully saturated rings. The third-order valence-electron chi connectivity index (χ3n) is 2.51. The molecule has 110 valence electrons. The number of hydrogen-bond donors (Lipinski definition) is 0. The van der Waals surface area contributed by atoms with Gasteiger partial charge in [0.2, 0.25) is 0 Å². The van der Waals surface area contributed by atoms with E-state index in [0.29, 0.717) is 18.1 Å². The molecule has 0 saturated heterocycles. The van der Waals surface area contributed by atoms with Gasteiger partial charge in [0.25, 0.3) is 0 Å². The van der Waals surface area contributed by atoms with Crippen LogP contribution in [0.3, 0.4) is 0 Å². The molecule has 0 aliphatic carbocycles. The lowest BCUT2D eigenvalue weighted by atomic mass is 10.1. The van der Waals surface area contributed by atoms with Crippen molar-refractivity contribution in [3.63, 3.8) is 0 Å². The van der Waals surface area contributed by atoms with E-state index in [-0.39, 0.29) is 13.0 Å². The van der Waals surface area contributed by atoms with Gasteiger partial charge in [0, 0.05) is 24.3 Å². The molecule has 0 amide bonds. The highest BCUT2D eigenvalue weighted by molar-refractivity contribution is 6.18. The Balaban J connectivity index is 2.50. The number of aryl methyl sites for hydroxylation is 1. The van der Waals surface area contributed by atoms with E-state index in [0.717, 1.165) is 11.1 Å². The smallest absolute Gasteiger partial charge is 0.389 e. The van der Waals surface area contributed by atoms with Gasteiger partial charge < -0.3 is 4.74 Å². The van der Waals surface area contributed by atoms with Crippen molar-refractivity contribution in [3.8, 4) is 17.6 Å². The summed E-state index contributed by atoms with van der Waals surface area (Å²) in [6, 6.07) is 5.29. The topological polar surface area (TPSA) is 9.23 Å². The molecule has 20 heavy (non-hydrogen) atoms. The summed E-state index contributed by atoms with van der Waals surface area (Å²) < 4.78 is 41.2. The summed E-state index contributed by atoms with van der Waals surface area (Å²) in [5.74, 6) is 6.98. The van der Waals surface area contributed by atoms with Gasteiger partial charge in [-0.1, -0.05) is 11.8 Å². The molecule has 0 saturated carbocycles. The predicted molar refractivity (Wildman–Crippen MR) is 74.2 cm³/mol. The highest BCUT2D eigenvalue weighted by Gasteiger charge is 2.26. The van der Waals surface area contributed by atoms with Crippen LogP contribution in [0.15, 0.2) is 18.2 Å². The second kappa shape index (κ2) is 8.06. The Kier molecular flexibility index (Phi) is 6.74. The summed E-state index contributed by atoms with van der Waals surface area (Å²) in [6.07, 6.45) is -4.37. The Labute approximate surface area is 122 Å². The molecule has 0 spiro atoms. The molecule has 0 aliphatic rings. The first kappa shape index (κ1) is 16.7. The van der Waals surface area contributed by atoms with Crippen LogP contribution in [0.4, 0.5) is 13.2 Å². The highest BCUT2D eigenvalue weighted by Crippen LogP contribution is 2.22. The van der Waals surface area contributed by atoms with E-state index in [1.165, 1.54) is 0 Å². The molecule has 1 rings (SSSR count). The number of alkyl halides is 4. The molecule has 0 aromatic heterocycles. The van der Waals surface area contributed by atoms with Gasteiger partial charge in [-0.25, -0.2) is 0 Å². The van der Waals surface area contributed by atoms with Gasteiger partial charge in [0.1, 0.15) is 5.75 Å². The molecule has 1 aromatic carbocycles. The van der Waals surface area contributed by atoms with Crippen molar-refractivity contribution >= 4 is 11.6 Å². The third kappa shape index (κ3) is 6.72. The molecule has 0 radical (unpaired) electrons. The minimum absolute atomic E-state index is 0.0418. The van der Waals surface area contributed by atoms with Gasteiger partial charge >= 0.3 is 6.18 Å². The first-order valence-corrected chi connectivity index (χ1v) is 6.81. The molecular weight excluding hydrogens is 289 g/mol. The first-order valence-electron chi connectivity index (χ1n) is 6.27.